The molecule has 2 aromatic rings. The molecule has 6 nitrogen and oxygen atoms in total. The Bertz CT molecular complexity index is 911. The quantitative estimate of drug-likeness (QED) is 0.766. The molecule has 2 heterocycles. The number of rotatable bonds is 5. The van der Waals surface area contributed by atoms with E-state index >= 15 is 0 Å². The fourth-order valence-corrected chi connectivity index (χ4v) is 4.69. The summed E-state index contributed by atoms with van der Waals surface area (Å²) in [7, 11) is 8.39. The Morgan fingerprint density at radius 3 is 1.93 bits per heavy atom. The first-order valence-corrected chi connectivity index (χ1v) is 9.92. The lowest BCUT2D eigenvalue weighted by atomic mass is 9.90. The maximum atomic E-state index is 5.76. The molecule has 0 amide bonds. The van der Waals surface area contributed by atoms with E-state index in [1.54, 1.807) is 35.5 Å². The SMILES string of the molecule is COc1cc2c(cc1OC)CN1Cc3c(cc(OC)c(OC)c3OC)CC1CC2. The zero-order chi connectivity index (χ0) is 20.5. The van der Waals surface area contributed by atoms with Gasteiger partial charge in [0.25, 0.3) is 0 Å². The number of nitrogens with zero attached hydrogens (tertiary/aromatic N) is 1. The van der Waals surface area contributed by atoms with Gasteiger partial charge in [0.1, 0.15) is 0 Å². The molecular weight excluding hydrogens is 370 g/mol. The monoisotopic (exact) mass is 399 g/mol. The number of methoxy groups -OCH3 is 5. The predicted molar refractivity (Wildman–Crippen MR) is 111 cm³/mol. The Labute approximate surface area is 172 Å². The average molecular weight is 399 g/mol. The van der Waals surface area contributed by atoms with Crippen LogP contribution in [0.1, 0.15) is 28.7 Å². The van der Waals surface area contributed by atoms with Crippen molar-refractivity contribution in [1.29, 1.82) is 0 Å². The second kappa shape index (κ2) is 8.03. The molecule has 0 fully saturated rings. The van der Waals surface area contributed by atoms with Crippen LogP contribution in [0.25, 0.3) is 0 Å². The van der Waals surface area contributed by atoms with E-state index < -0.39 is 0 Å². The molecule has 0 radical (unpaired) electrons. The van der Waals surface area contributed by atoms with Crippen LogP contribution >= 0.6 is 0 Å². The van der Waals surface area contributed by atoms with Gasteiger partial charge < -0.3 is 23.7 Å². The van der Waals surface area contributed by atoms with Gasteiger partial charge in [0.05, 0.1) is 35.5 Å². The molecule has 0 spiro atoms. The van der Waals surface area contributed by atoms with Gasteiger partial charge in [-0.15, -0.1) is 0 Å². The second-order valence-corrected chi connectivity index (χ2v) is 7.56. The first-order valence-electron chi connectivity index (χ1n) is 9.92. The Morgan fingerprint density at radius 1 is 0.690 bits per heavy atom. The molecule has 2 aromatic carbocycles. The summed E-state index contributed by atoms with van der Waals surface area (Å²) in [5, 5.41) is 0. The van der Waals surface area contributed by atoms with E-state index in [0.717, 1.165) is 55.4 Å². The molecule has 1 unspecified atom stereocenters. The van der Waals surface area contributed by atoms with E-state index in [2.05, 4.69) is 23.1 Å². The van der Waals surface area contributed by atoms with E-state index in [0.29, 0.717) is 11.8 Å². The Morgan fingerprint density at radius 2 is 1.31 bits per heavy atom. The number of benzene rings is 2. The summed E-state index contributed by atoms with van der Waals surface area (Å²) < 4.78 is 28.0. The van der Waals surface area contributed by atoms with Gasteiger partial charge in [-0.3, -0.25) is 4.90 Å². The highest BCUT2D eigenvalue weighted by molar-refractivity contribution is 5.60. The summed E-state index contributed by atoms with van der Waals surface area (Å²) in [6.45, 7) is 1.69. The zero-order valence-electron chi connectivity index (χ0n) is 17.8. The van der Waals surface area contributed by atoms with Crippen molar-refractivity contribution in [2.45, 2.75) is 38.4 Å². The highest BCUT2D eigenvalue weighted by Gasteiger charge is 2.33. The third-order valence-corrected chi connectivity index (χ3v) is 6.18. The van der Waals surface area contributed by atoms with E-state index in [-0.39, 0.29) is 0 Å². The van der Waals surface area contributed by atoms with Crippen molar-refractivity contribution in [2.24, 2.45) is 0 Å². The summed E-state index contributed by atoms with van der Waals surface area (Å²) in [5.41, 5.74) is 5.10. The fraction of sp³-hybridized carbons (Fsp3) is 0.478. The number of ether oxygens (including phenoxy) is 5. The molecule has 0 saturated heterocycles. The van der Waals surface area contributed by atoms with E-state index in [9.17, 15) is 0 Å². The molecule has 0 N–H and O–H groups in total. The topological polar surface area (TPSA) is 49.4 Å². The maximum absolute atomic E-state index is 5.76. The largest absolute Gasteiger partial charge is 0.493 e. The molecule has 0 aliphatic carbocycles. The van der Waals surface area contributed by atoms with Crippen LogP contribution in [0, 0.1) is 0 Å². The van der Waals surface area contributed by atoms with Crippen LogP contribution in [0.4, 0.5) is 0 Å². The standard InChI is InChI=1S/C23H29NO5/c1-25-19-9-14-6-7-17-8-15-10-21(27-3)23(29-5)22(28-4)18(15)13-24(17)12-16(14)11-20(19)26-2/h9-11,17H,6-8,12-13H2,1-5H3. The number of hydrogen-bond donors (Lipinski definition) is 0. The van der Waals surface area contributed by atoms with Crippen LogP contribution in [0.15, 0.2) is 18.2 Å². The first kappa shape index (κ1) is 19.7. The van der Waals surface area contributed by atoms with Gasteiger partial charge >= 0.3 is 0 Å². The molecule has 156 valence electrons. The third-order valence-electron chi connectivity index (χ3n) is 6.18. The van der Waals surface area contributed by atoms with E-state index in [1.807, 2.05) is 0 Å². The Kier molecular flexibility index (Phi) is 5.46. The molecule has 2 aliphatic rings. The minimum Gasteiger partial charge on any atom is -0.493 e. The highest BCUT2D eigenvalue weighted by Crippen LogP contribution is 2.46. The van der Waals surface area contributed by atoms with Gasteiger partial charge in [-0.05, 0) is 54.2 Å². The van der Waals surface area contributed by atoms with Crippen molar-refractivity contribution < 1.29 is 23.7 Å². The van der Waals surface area contributed by atoms with Crippen LogP contribution in [-0.2, 0) is 25.9 Å². The smallest absolute Gasteiger partial charge is 0.203 e. The lowest BCUT2D eigenvalue weighted by molar-refractivity contribution is 0.156. The molecule has 1 atom stereocenters. The molecule has 29 heavy (non-hydrogen) atoms. The van der Waals surface area contributed by atoms with Crippen LogP contribution < -0.4 is 23.7 Å². The van der Waals surface area contributed by atoms with Crippen molar-refractivity contribution in [3.8, 4) is 28.7 Å². The normalized spacial score (nSPS) is 18.0. The van der Waals surface area contributed by atoms with Crippen molar-refractivity contribution in [2.75, 3.05) is 35.5 Å². The van der Waals surface area contributed by atoms with Gasteiger partial charge in [-0.25, -0.2) is 0 Å². The van der Waals surface area contributed by atoms with E-state index in [4.69, 9.17) is 23.7 Å². The molecule has 0 bridgehead atoms. The molecule has 6 heteroatoms. The molecule has 0 saturated carbocycles. The van der Waals surface area contributed by atoms with Crippen LogP contribution in [0.5, 0.6) is 28.7 Å². The number of hydrogen-bond acceptors (Lipinski definition) is 6. The Hall–Kier alpha value is -2.60. The molecular formula is C23H29NO5. The molecule has 4 rings (SSSR count). The summed E-state index contributed by atoms with van der Waals surface area (Å²) >= 11 is 0. The van der Waals surface area contributed by atoms with Crippen LogP contribution in [0.2, 0.25) is 0 Å². The van der Waals surface area contributed by atoms with Crippen molar-refractivity contribution in [3.63, 3.8) is 0 Å². The second-order valence-electron chi connectivity index (χ2n) is 7.56. The fourth-order valence-electron chi connectivity index (χ4n) is 4.69. The summed E-state index contributed by atoms with van der Waals surface area (Å²) in [6.07, 6.45) is 3.09. The van der Waals surface area contributed by atoms with Crippen LogP contribution in [0.3, 0.4) is 0 Å². The number of aryl methyl sites for hydroxylation is 1. The van der Waals surface area contributed by atoms with E-state index in [1.165, 1.54) is 22.3 Å². The molecule has 0 aromatic heterocycles. The number of fused-ring (bicyclic) bond motifs is 3. The van der Waals surface area contributed by atoms with Gasteiger partial charge in [-0.2, -0.15) is 0 Å². The minimum atomic E-state index is 0.467. The van der Waals surface area contributed by atoms with Crippen molar-refractivity contribution in [1.82, 2.24) is 4.90 Å². The summed E-state index contributed by atoms with van der Waals surface area (Å²) in [4.78, 5) is 2.54. The summed E-state index contributed by atoms with van der Waals surface area (Å²) in [5.74, 6) is 3.74. The van der Waals surface area contributed by atoms with Gasteiger partial charge in [0.2, 0.25) is 5.75 Å². The van der Waals surface area contributed by atoms with Gasteiger partial charge in [0, 0.05) is 24.7 Å². The zero-order valence-corrected chi connectivity index (χ0v) is 17.8. The minimum absolute atomic E-state index is 0.467. The Balaban J connectivity index is 1.72. The first-order chi connectivity index (χ1) is 14.1. The van der Waals surface area contributed by atoms with Gasteiger partial charge in [-0.1, -0.05) is 0 Å². The third kappa shape index (κ3) is 3.35. The van der Waals surface area contributed by atoms with Crippen LogP contribution in [-0.4, -0.2) is 46.5 Å². The molecule has 2 aliphatic heterocycles. The van der Waals surface area contributed by atoms with Crippen molar-refractivity contribution in [3.05, 3.63) is 40.5 Å². The lowest BCUT2D eigenvalue weighted by Crippen LogP contribution is -2.39. The van der Waals surface area contributed by atoms with Gasteiger partial charge in [0.15, 0.2) is 23.0 Å². The lowest BCUT2D eigenvalue weighted by Gasteiger charge is -2.37. The maximum Gasteiger partial charge on any atom is 0.203 e. The highest BCUT2D eigenvalue weighted by atomic mass is 16.5. The summed E-state index contributed by atoms with van der Waals surface area (Å²) in [6, 6.07) is 6.83. The van der Waals surface area contributed by atoms with Crippen molar-refractivity contribution >= 4 is 0 Å². The predicted octanol–water partition coefficient (Wildman–Crippen LogP) is 3.60. The average Bonchev–Trinajstić information content (AvgIpc) is 2.93.